The minimum absolute atomic E-state index is 0. The van der Waals surface area contributed by atoms with Crippen LogP contribution < -0.4 is 22.5 Å². The van der Waals surface area contributed by atoms with Crippen LogP contribution in [0.3, 0.4) is 0 Å². The van der Waals surface area contributed by atoms with Gasteiger partial charge in [-0.25, -0.2) is 4.39 Å². The number of rotatable bonds is 7. The smallest absolute Gasteiger partial charge is 0.124 e. The number of pyridine rings is 1. The lowest BCUT2D eigenvalue weighted by molar-refractivity contribution is -0.00000593. The number of aromatic nitrogens is 1. The number of hydrogen-bond donors (Lipinski definition) is 1. The van der Waals surface area contributed by atoms with Gasteiger partial charge in [0.15, 0.2) is 0 Å². The van der Waals surface area contributed by atoms with Crippen LogP contribution in [-0.4, -0.2) is 4.98 Å². The fourth-order valence-corrected chi connectivity index (χ4v) is 2.82. The van der Waals surface area contributed by atoms with Gasteiger partial charge in [-0.2, -0.15) is 0 Å². The molecule has 0 amide bonds. The lowest BCUT2D eigenvalue weighted by Crippen LogP contribution is -3.00. The van der Waals surface area contributed by atoms with E-state index in [0.717, 1.165) is 27.9 Å². The standard InChI is InChI=1S/C20H18BrFN2O.ClH/c21-18-3-6-20(25-14-16-1-4-19(22)5-2-16)17(11-18)13-24-12-15-7-9-23-10-8-15;/h1-11,24H,12-14H2;1H/p-1. The first kappa shape index (κ1) is 20.4. The number of hydrogen-bond acceptors (Lipinski definition) is 3. The van der Waals surface area contributed by atoms with Gasteiger partial charge in [0, 0.05) is 35.5 Å². The minimum Gasteiger partial charge on any atom is -1.00 e. The molecule has 136 valence electrons. The molecule has 0 spiro atoms. The predicted molar refractivity (Wildman–Crippen MR) is 99.7 cm³/mol. The Morgan fingerprint density at radius 3 is 2.38 bits per heavy atom. The van der Waals surface area contributed by atoms with Crippen molar-refractivity contribution in [1.82, 2.24) is 10.3 Å². The quantitative estimate of drug-likeness (QED) is 0.614. The molecular formula is C20H18BrClFN2O-. The molecule has 0 fully saturated rings. The molecule has 0 aliphatic carbocycles. The Hall–Kier alpha value is -1.95. The summed E-state index contributed by atoms with van der Waals surface area (Å²) in [5.74, 6) is 0.572. The van der Waals surface area contributed by atoms with E-state index in [0.29, 0.717) is 13.2 Å². The van der Waals surface area contributed by atoms with Crippen molar-refractivity contribution in [1.29, 1.82) is 0 Å². The van der Waals surface area contributed by atoms with E-state index >= 15 is 0 Å². The summed E-state index contributed by atoms with van der Waals surface area (Å²) >= 11 is 3.50. The van der Waals surface area contributed by atoms with Crippen LogP contribution in [0, 0.1) is 5.82 Å². The molecular weight excluding hydrogens is 419 g/mol. The molecule has 0 saturated carbocycles. The molecule has 0 atom stereocenters. The zero-order chi connectivity index (χ0) is 17.5. The normalized spacial score (nSPS) is 10.2. The monoisotopic (exact) mass is 435 g/mol. The summed E-state index contributed by atoms with van der Waals surface area (Å²) < 4.78 is 19.9. The van der Waals surface area contributed by atoms with Gasteiger partial charge in [0.05, 0.1) is 0 Å². The second kappa shape index (κ2) is 10.3. The Morgan fingerprint density at radius 2 is 1.65 bits per heavy atom. The maximum Gasteiger partial charge on any atom is 0.124 e. The Bertz CT molecular complexity index is 816. The summed E-state index contributed by atoms with van der Waals surface area (Å²) in [4.78, 5) is 4.02. The molecule has 0 radical (unpaired) electrons. The molecule has 1 N–H and O–H groups in total. The summed E-state index contributed by atoms with van der Waals surface area (Å²) in [5.41, 5.74) is 3.17. The number of halogens is 3. The number of nitrogens with zero attached hydrogens (tertiary/aromatic N) is 1. The molecule has 0 unspecified atom stereocenters. The molecule has 1 heterocycles. The first-order chi connectivity index (χ1) is 12.2. The van der Waals surface area contributed by atoms with E-state index in [1.54, 1.807) is 24.5 Å². The van der Waals surface area contributed by atoms with Crippen LogP contribution in [0.5, 0.6) is 5.75 Å². The highest BCUT2D eigenvalue weighted by Gasteiger charge is 2.06. The van der Waals surface area contributed by atoms with Crippen molar-refractivity contribution in [3.05, 3.63) is 94.0 Å². The summed E-state index contributed by atoms with van der Waals surface area (Å²) in [6.45, 7) is 1.84. The van der Waals surface area contributed by atoms with Crippen molar-refractivity contribution in [2.75, 3.05) is 0 Å². The lowest BCUT2D eigenvalue weighted by atomic mass is 10.2. The van der Waals surface area contributed by atoms with Gasteiger partial charge in [-0.1, -0.05) is 28.1 Å². The summed E-state index contributed by atoms with van der Waals surface area (Å²) in [6, 6.07) is 16.3. The van der Waals surface area contributed by atoms with Crippen LogP contribution in [-0.2, 0) is 19.7 Å². The highest BCUT2D eigenvalue weighted by atomic mass is 79.9. The Kier molecular flexibility index (Phi) is 8.04. The summed E-state index contributed by atoms with van der Waals surface area (Å²) in [5, 5.41) is 3.41. The molecule has 0 aliphatic rings. The average molecular weight is 437 g/mol. The zero-order valence-corrected chi connectivity index (χ0v) is 16.3. The predicted octanol–water partition coefficient (Wildman–Crippen LogP) is 1.86. The van der Waals surface area contributed by atoms with Gasteiger partial charge < -0.3 is 22.5 Å². The van der Waals surface area contributed by atoms with Gasteiger partial charge in [0.1, 0.15) is 18.2 Å². The highest BCUT2D eigenvalue weighted by molar-refractivity contribution is 9.10. The molecule has 2 aromatic carbocycles. The van der Waals surface area contributed by atoms with Gasteiger partial charge in [-0.3, -0.25) is 4.98 Å². The molecule has 0 saturated heterocycles. The Morgan fingerprint density at radius 1 is 0.923 bits per heavy atom. The number of ether oxygens (including phenoxy) is 1. The zero-order valence-electron chi connectivity index (χ0n) is 14.0. The maximum atomic E-state index is 13.0. The van der Waals surface area contributed by atoms with E-state index in [4.69, 9.17) is 4.74 Å². The number of nitrogens with one attached hydrogen (secondary N) is 1. The van der Waals surface area contributed by atoms with Crippen molar-refractivity contribution in [3.8, 4) is 5.75 Å². The number of benzene rings is 2. The van der Waals surface area contributed by atoms with E-state index in [1.165, 1.54) is 17.7 Å². The van der Waals surface area contributed by atoms with Crippen LogP contribution >= 0.6 is 15.9 Å². The fourth-order valence-electron chi connectivity index (χ4n) is 2.41. The summed E-state index contributed by atoms with van der Waals surface area (Å²) in [6.07, 6.45) is 3.57. The fraction of sp³-hybridized carbons (Fsp3) is 0.150. The Balaban J connectivity index is 0.00000243. The van der Waals surface area contributed by atoms with Crippen molar-refractivity contribution < 1.29 is 21.5 Å². The van der Waals surface area contributed by atoms with Crippen LogP contribution in [0.2, 0.25) is 0 Å². The van der Waals surface area contributed by atoms with Gasteiger partial charge in [-0.15, -0.1) is 0 Å². The molecule has 3 aromatic rings. The largest absolute Gasteiger partial charge is 1.00 e. The molecule has 26 heavy (non-hydrogen) atoms. The van der Waals surface area contributed by atoms with Crippen molar-refractivity contribution in [2.24, 2.45) is 0 Å². The van der Waals surface area contributed by atoms with Crippen molar-refractivity contribution >= 4 is 15.9 Å². The van der Waals surface area contributed by atoms with E-state index in [9.17, 15) is 4.39 Å². The lowest BCUT2D eigenvalue weighted by Gasteiger charge is -2.13. The molecule has 1 aromatic heterocycles. The van der Waals surface area contributed by atoms with Crippen LogP contribution in [0.1, 0.15) is 16.7 Å². The van der Waals surface area contributed by atoms with E-state index in [2.05, 4.69) is 26.2 Å². The highest BCUT2D eigenvalue weighted by Crippen LogP contribution is 2.24. The van der Waals surface area contributed by atoms with Crippen LogP contribution in [0.15, 0.2) is 71.5 Å². The van der Waals surface area contributed by atoms with Gasteiger partial charge in [-0.05, 0) is 53.6 Å². The Labute approximate surface area is 167 Å². The van der Waals surface area contributed by atoms with Crippen molar-refractivity contribution in [2.45, 2.75) is 19.7 Å². The third-order valence-corrected chi connectivity index (χ3v) is 4.22. The van der Waals surface area contributed by atoms with E-state index in [-0.39, 0.29) is 18.2 Å². The molecule has 3 rings (SSSR count). The topological polar surface area (TPSA) is 34.1 Å². The molecule has 3 nitrogen and oxygen atoms in total. The molecule has 0 bridgehead atoms. The van der Waals surface area contributed by atoms with Gasteiger partial charge in [0.2, 0.25) is 0 Å². The second-order valence-electron chi connectivity index (χ2n) is 5.63. The maximum absolute atomic E-state index is 13.0. The summed E-state index contributed by atoms with van der Waals surface area (Å²) in [7, 11) is 0. The average Bonchev–Trinajstić information content (AvgIpc) is 2.63. The van der Waals surface area contributed by atoms with Crippen LogP contribution in [0.4, 0.5) is 4.39 Å². The van der Waals surface area contributed by atoms with E-state index in [1.807, 2.05) is 30.3 Å². The SMILES string of the molecule is Fc1ccc(COc2ccc(Br)cc2CNCc2ccncc2)cc1.[Cl-]. The second-order valence-corrected chi connectivity index (χ2v) is 6.54. The first-order valence-electron chi connectivity index (χ1n) is 7.96. The molecule has 0 aliphatic heterocycles. The first-order valence-corrected chi connectivity index (χ1v) is 8.75. The van der Waals surface area contributed by atoms with Crippen LogP contribution in [0.25, 0.3) is 0 Å². The third-order valence-electron chi connectivity index (χ3n) is 3.72. The third kappa shape index (κ3) is 6.09. The van der Waals surface area contributed by atoms with Gasteiger partial charge in [0.25, 0.3) is 0 Å². The van der Waals surface area contributed by atoms with Crippen molar-refractivity contribution in [3.63, 3.8) is 0 Å². The minimum atomic E-state index is -0.242. The van der Waals surface area contributed by atoms with Gasteiger partial charge >= 0.3 is 0 Å². The van der Waals surface area contributed by atoms with E-state index < -0.39 is 0 Å². The molecule has 6 heteroatoms.